The molecule has 0 aromatic heterocycles. The van der Waals surface area contributed by atoms with Crippen molar-refractivity contribution in [3.8, 4) is 0 Å². The fraction of sp³-hybridized carbons (Fsp3) is 0.133. The number of hydrogen-bond donors (Lipinski definition) is 1. The van der Waals surface area contributed by atoms with Gasteiger partial charge in [0.15, 0.2) is 0 Å². The van der Waals surface area contributed by atoms with Gasteiger partial charge in [-0.25, -0.2) is 4.39 Å². The zero-order valence-electron chi connectivity index (χ0n) is 11.4. The van der Waals surface area contributed by atoms with E-state index in [-0.39, 0.29) is 17.9 Å². The molecule has 0 bridgehead atoms. The third-order valence-corrected chi connectivity index (χ3v) is 3.02. The van der Waals surface area contributed by atoms with Gasteiger partial charge in [0.25, 0.3) is 5.91 Å². The molecule has 5 nitrogen and oxygen atoms in total. The van der Waals surface area contributed by atoms with Crippen LogP contribution in [0.15, 0.2) is 42.5 Å². The Kier molecular flexibility index (Phi) is 4.77. The van der Waals surface area contributed by atoms with Crippen molar-refractivity contribution >= 4 is 11.6 Å². The molecule has 0 radical (unpaired) electrons. The molecular formula is C15H12F2N2O3. The summed E-state index contributed by atoms with van der Waals surface area (Å²) in [6, 6.07) is 8.79. The Balaban J connectivity index is 1.96. The van der Waals surface area contributed by atoms with E-state index in [1.54, 1.807) is 12.1 Å². The summed E-state index contributed by atoms with van der Waals surface area (Å²) in [7, 11) is 0. The van der Waals surface area contributed by atoms with Gasteiger partial charge in [0.1, 0.15) is 5.82 Å². The van der Waals surface area contributed by atoms with Crippen LogP contribution in [0.4, 0.5) is 14.5 Å². The van der Waals surface area contributed by atoms with Crippen molar-refractivity contribution in [2.24, 2.45) is 0 Å². The number of carbonyl (C=O) groups is 1. The van der Waals surface area contributed by atoms with Crippen LogP contribution in [-0.4, -0.2) is 17.4 Å². The van der Waals surface area contributed by atoms with E-state index in [1.807, 2.05) is 0 Å². The predicted molar refractivity (Wildman–Crippen MR) is 75.5 cm³/mol. The Morgan fingerprint density at radius 3 is 2.45 bits per heavy atom. The van der Waals surface area contributed by atoms with Crippen molar-refractivity contribution in [3.05, 3.63) is 75.3 Å². The first-order chi connectivity index (χ1) is 10.5. The summed E-state index contributed by atoms with van der Waals surface area (Å²) in [6.45, 7) is 0.273. The highest BCUT2D eigenvalue weighted by molar-refractivity contribution is 5.94. The molecule has 0 aliphatic heterocycles. The third-order valence-electron chi connectivity index (χ3n) is 3.02. The summed E-state index contributed by atoms with van der Waals surface area (Å²) in [4.78, 5) is 21.6. The molecule has 0 unspecified atom stereocenters. The topological polar surface area (TPSA) is 72.2 Å². The van der Waals surface area contributed by atoms with E-state index in [2.05, 4.69) is 5.32 Å². The first-order valence-electron chi connectivity index (χ1n) is 6.44. The molecule has 0 fully saturated rings. The summed E-state index contributed by atoms with van der Waals surface area (Å²) in [5.41, 5.74) is 0.102. The molecule has 0 saturated carbocycles. The van der Waals surface area contributed by atoms with E-state index in [9.17, 15) is 23.7 Å². The van der Waals surface area contributed by atoms with Gasteiger partial charge >= 0.3 is 5.69 Å². The number of nitrogens with one attached hydrogen (secondary N) is 1. The second-order valence-electron chi connectivity index (χ2n) is 4.56. The number of benzene rings is 2. The Morgan fingerprint density at radius 2 is 1.82 bits per heavy atom. The van der Waals surface area contributed by atoms with Gasteiger partial charge in [-0.05, 0) is 36.2 Å². The van der Waals surface area contributed by atoms with Gasteiger partial charge in [-0.1, -0.05) is 12.1 Å². The van der Waals surface area contributed by atoms with Crippen molar-refractivity contribution < 1.29 is 18.5 Å². The highest BCUT2D eigenvalue weighted by Gasteiger charge is 2.17. The Bertz CT molecular complexity index is 702. The first kappa shape index (κ1) is 15.6. The lowest BCUT2D eigenvalue weighted by Crippen LogP contribution is -2.25. The smallest absolute Gasteiger partial charge is 0.305 e. The molecule has 0 aliphatic carbocycles. The number of hydrogen-bond acceptors (Lipinski definition) is 3. The second-order valence-corrected chi connectivity index (χ2v) is 4.56. The van der Waals surface area contributed by atoms with Gasteiger partial charge in [-0.15, -0.1) is 0 Å². The van der Waals surface area contributed by atoms with Gasteiger partial charge in [0.2, 0.25) is 5.82 Å². The van der Waals surface area contributed by atoms with Crippen LogP contribution in [0.25, 0.3) is 0 Å². The maximum absolute atomic E-state index is 13.2. The maximum atomic E-state index is 13.2. The molecule has 2 rings (SSSR count). The minimum atomic E-state index is -0.993. The van der Waals surface area contributed by atoms with Crippen LogP contribution >= 0.6 is 0 Å². The van der Waals surface area contributed by atoms with Crippen LogP contribution in [0.3, 0.4) is 0 Å². The minimum absolute atomic E-state index is 0.00667. The van der Waals surface area contributed by atoms with Crippen molar-refractivity contribution in [1.29, 1.82) is 0 Å². The molecule has 0 saturated heterocycles. The number of nitrogens with zero attached hydrogens (tertiary/aromatic N) is 1. The molecule has 22 heavy (non-hydrogen) atoms. The lowest BCUT2D eigenvalue weighted by Gasteiger charge is -2.06. The summed E-state index contributed by atoms with van der Waals surface area (Å²) in [5, 5.41) is 13.2. The van der Waals surface area contributed by atoms with Gasteiger partial charge in [0, 0.05) is 18.2 Å². The number of carbonyl (C=O) groups excluding carboxylic acids is 1. The first-order valence-corrected chi connectivity index (χ1v) is 6.44. The SMILES string of the molecule is O=C(NCCc1ccc(F)cc1)c1ccc(F)c([N+](=O)[O-])c1. The zero-order valence-corrected chi connectivity index (χ0v) is 11.4. The number of amides is 1. The van der Waals surface area contributed by atoms with Crippen LogP contribution < -0.4 is 5.32 Å². The number of halogens is 2. The van der Waals surface area contributed by atoms with Gasteiger partial charge < -0.3 is 5.32 Å². The van der Waals surface area contributed by atoms with E-state index in [0.29, 0.717) is 6.42 Å². The number of nitro groups is 1. The quantitative estimate of drug-likeness (QED) is 0.682. The molecule has 1 N–H and O–H groups in total. The fourth-order valence-corrected chi connectivity index (χ4v) is 1.87. The normalized spacial score (nSPS) is 10.3. The van der Waals surface area contributed by atoms with E-state index >= 15 is 0 Å². The molecule has 1 amide bonds. The van der Waals surface area contributed by atoms with Gasteiger partial charge in [-0.3, -0.25) is 14.9 Å². The summed E-state index contributed by atoms with van der Waals surface area (Å²) < 4.78 is 25.9. The van der Waals surface area contributed by atoms with E-state index in [0.717, 1.165) is 17.7 Å². The molecule has 7 heteroatoms. The average Bonchev–Trinajstić information content (AvgIpc) is 2.49. The molecule has 0 spiro atoms. The molecule has 114 valence electrons. The average molecular weight is 306 g/mol. The molecule has 2 aromatic carbocycles. The van der Waals surface area contributed by atoms with Crippen LogP contribution in [-0.2, 0) is 6.42 Å². The molecule has 0 atom stereocenters. The van der Waals surface area contributed by atoms with Crippen molar-refractivity contribution in [1.82, 2.24) is 5.32 Å². The molecule has 0 aliphatic rings. The molecule has 0 heterocycles. The summed E-state index contributed by atoms with van der Waals surface area (Å²) >= 11 is 0. The lowest BCUT2D eigenvalue weighted by molar-refractivity contribution is -0.387. The minimum Gasteiger partial charge on any atom is -0.352 e. The zero-order chi connectivity index (χ0) is 16.1. The second kappa shape index (κ2) is 6.75. The summed E-state index contributed by atoms with van der Waals surface area (Å²) in [5.74, 6) is -1.87. The maximum Gasteiger partial charge on any atom is 0.305 e. The molecular weight excluding hydrogens is 294 g/mol. The van der Waals surface area contributed by atoms with E-state index < -0.39 is 22.3 Å². The van der Waals surface area contributed by atoms with Crippen molar-refractivity contribution in [2.75, 3.05) is 6.54 Å². The Morgan fingerprint density at radius 1 is 1.14 bits per heavy atom. The highest BCUT2D eigenvalue weighted by Crippen LogP contribution is 2.18. The van der Waals surface area contributed by atoms with Crippen molar-refractivity contribution in [3.63, 3.8) is 0 Å². The van der Waals surface area contributed by atoms with E-state index in [1.165, 1.54) is 18.2 Å². The van der Waals surface area contributed by atoms with Crippen molar-refractivity contribution in [2.45, 2.75) is 6.42 Å². The number of nitro benzene ring substituents is 1. The molecule has 2 aromatic rings. The monoisotopic (exact) mass is 306 g/mol. The Labute approximate surface area is 124 Å². The lowest BCUT2D eigenvalue weighted by atomic mass is 10.1. The predicted octanol–water partition coefficient (Wildman–Crippen LogP) is 2.85. The standard InChI is InChI=1S/C15H12F2N2O3/c16-12-4-1-10(2-5-12)7-8-18-15(20)11-3-6-13(17)14(9-11)19(21)22/h1-6,9H,7-8H2,(H,18,20). The largest absolute Gasteiger partial charge is 0.352 e. The van der Waals surface area contributed by atoms with Gasteiger partial charge in [-0.2, -0.15) is 4.39 Å². The number of rotatable bonds is 5. The fourth-order valence-electron chi connectivity index (χ4n) is 1.87. The van der Waals surface area contributed by atoms with Gasteiger partial charge in [0.05, 0.1) is 4.92 Å². The van der Waals surface area contributed by atoms with E-state index in [4.69, 9.17) is 0 Å². The van der Waals surface area contributed by atoms with Crippen LogP contribution in [0.1, 0.15) is 15.9 Å². The van der Waals surface area contributed by atoms with Crippen LogP contribution in [0.5, 0.6) is 0 Å². The summed E-state index contributed by atoms with van der Waals surface area (Å²) in [6.07, 6.45) is 0.481. The highest BCUT2D eigenvalue weighted by atomic mass is 19.1. The Hall–Kier alpha value is -2.83. The van der Waals surface area contributed by atoms with Crippen LogP contribution in [0.2, 0.25) is 0 Å². The van der Waals surface area contributed by atoms with Crippen LogP contribution in [0, 0.1) is 21.7 Å². The third kappa shape index (κ3) is 3.85.